The Morgan fingerprint density at radius 2 is 1.96 bits per heavy atom. The minimum atomic E-state index is -0.207. The average Bonchev–Trinajstić information content (AvgIpc) is 3.22. The number of esters is 1. The molecule has 0 aliphatic carbocycles. The van der Waals surface area contributed by atoms with Crippen LogP contribution in [0.15, 0.2) is 25.0 Å². The van der Waals surface area contributed by atoms with Crippen molar-refractivity contribution in [1.82, 2.24) is 29.6 Å². The standard InChI is InChI=1S/C18H23N7O3/c1-2-28-18(27)13-4-3-5-23(7-13)17(26)14-8-24(9-14)15-6-16(21-11-20-15)25-12-19-10-22-25/h6,10-14H,2-5,7-9H2,1H3/t13-/m1/s1. The third kappa shape index (κ3) is 3.67. The molecule has 10 heteroatoms. The topological polar surface area (TPSA) is 106 Å². The number of hydrogen-bond acceptors (Lipinski definition) is 8. The summed E-state index contributed by atoms with van der Waals surface area (Å²) in [7, 11) is 0. The first-order valence-electron chi connectivity index (χ1n) is 9.53. The minimum absolute atomic E-state index is 0.0780. The van der Waals surface area contributed by atoms with E-state index >= 15 is 0 Å². The van der Waals surface area contributed by atoms with Gasteiger partial charge in [-0.15, -0.1) is 0 Å². The second-order valence-corrected chi connectivity index (χ2v) is 7.05. The molecule has 0 saturated carbocycles. The Morgan fingerprint density at radius 3 is 2.71 bits per heavy atom. The quantitative estimate of drug-likeness (QED) is 0.677. The molecule has 4 heterocycles. The summed E-state index contributed by atoms with van der Waals surface area (Å²) in [6.45, 7) is 4.54. The second-order valence-electron chi connectivity index (χ2n) is 7.05. The van der Waals surface area contributed by atoms with Crippen LogP contribution in [0, 0.1) is 11.8 Å². The van der Waals surface area contributed by atoms with Crippen LogP contribution >= 0.6 is 0 Å². The summed E-state index contributed by atoms with van der Waals surface area (Å²) in [5.74, 6) is 1.01. The van der Waals surface area contributed by atoms with E-state index in [1.54, 1.807) is 17.9 Å². The lowest BCUT2D eigenvalue weighted by atomic mass is 9.93. The Labute approximate surface area is 162 Å². The van der Waals surface area contributed by atoms with Gasteiger partial charge >= 0.3 is 5.97 Å². The number of amides is 1. The van der Waals surface area contributed by atoms with Gasteiger partial charge in [-0.25, -0.2) is 19.6 Å². The van der Waals surface area contributed by atoms with Crippen LogP contribution in [0.3, 0.4) is 0 Å². The highest BCUT2D eigenvalue weighted by Crippen LogP contribution is 2.27. The van der Waals surface area contributed by atoms with Gasteiger partial charge in [0.2, 0.25) is 5.91 Å². The molecule has 2 saturated heterocycles. The van der Waals surface area contributed by atoms with Gasteiger partial charge in [-0.05, 0) is 19.8 Å². The number of aromatic nitrogens is 5. The molecule has 2 aliphatic rings. The number of carbonyl (C=O) groups is 2. The van der Waals surface area contributed by atoms with E-state index in [0.717, 1.165) is 18.7 Å². The Hall–Kier alpha value is -3.04. The fourth-order valence-corrected chi connectivity index (χ4v) is 3.67. The zero-order valence-electron chi connectivity index (χ0n) is 15.8. The SMILES string of the molecule is CCOC(=O)[C@@H]1CCCN(C(=O)C2CN(c3cc(-n4cncn4)ncn3)C2)C1. The van der Waals surface area contributed by atoms with Crippen molar-refractivity contribution in [2.75, 3.05) is 37.7 Å². The highest BCUT2D eigenvalue weighted by Gasteiger charge is 2.38. The normalized spacial score (nSPS) is 20.0. The van der Waals surface area contributed by atoms with Crippen LogP contribution in [0.25, 0.3) is 5.82 Å². The number of rotatable bonds is 5. The van der Waals surface area contributed by atoms with Crippen molar-refractivity contribution in [3.8, 4) is 5.82 Å². The average molecular weight is 385 g/mol. The third-order valence-electron chi connectivity index (χ3n) is 5.20. The van der Waals surface area contributed by atoms with Crippen molar-refractivity contribution < 1.29 is 14.3 Å². The van der Waals surface area contributed by atoms with E-state index in [-0.39, 0.29) is 23.7 Å². The summed E-state index contributed by atoms with van der Waals surface area (Å²) in [5.41, 5.74) is 0. The Balaban J connectivity index is 1.34. The lowest BCUT2D eigenvalue weighted by Crippen LogP contribution is -2.56. The van der Waals surface area contributed by atoms with Gasteiger partial charge in [-0.2, -0.15) is 5.10 Å². The monoisotopic (exact) mass is 385 g/mol. The lowest BCUT2D eigenvalue weighted by Gasteiger charge is -2.42. The van der Waals surface area contributed by atoms with Crippen LogP contribution in [-0.4, -0.2) is 74.3 Å². The molecule has 0 spiro atoms. The molecule has 28 heavy (non-hydrogen) atoms. The lowest BCUT2D eigenvalue weighted by molar-refractivity contribution is -0.152. The number of ether oxygens (including phenoxy) is 1. The van der Waals surface area contributed by atoms with Gasteiger partial charge in [0.25, 0.3) is 0 Å². The molecule has 2 fully saturated rings. The van der Waals surface area contributed by atoms with Crippen LogP contribution in [0.5, 0.6) is 0 Å². The van der Waals surface area contributed by atoms with E-state index in [9.17, 15) is 9.59 Å². The number of hydrogen-bond donors (Lipinski definition) is 0. The maximum Gasteiger partial charge on any atom is 0.310 e. The third-order valence-corrected chi connectivity index (χ3v) is 5.20. The zero-order valence-corrected chi connectivity index (χ0v) is 15.8. The van der Waals surface area contributed by atoms with E-state index in [1.165, 1.54) is 12.7 Å². The number of likely N-dealkylation sites (tertiary alicyclic amines) is 1. The van der Waals surface area contributed by atoms with Crippen LogP contribution in [0.1, 0.15) is 19.8 Å². The fourth-order valence-electron chi connectivity index (χ4n) is 3.67. The summed E-state index contributed by atoms with van der Waals surface area (Å²) in [5, 5.41) is 4.07. The van der Waals surface area contributed by atoms with Gasteiger partial charge in [0.1, 0.15) is 24.8 Å². The van der Waals surface area contributed by atoms with Crippen molar-refractivity contribution in [3.63, 3.8) is 0 Å². The predicted molar refractivity (Wildman–Crippen MR) is 98.6 cm³/mol. The highest BCUT2D eigenvalue weighted by atomic mass is 16.5. The summed E-state index contributed by atoms with van der Waals surface area (Å²) in [6, 6.07) is 1.83. The van der Waals surface area contributed by atoms with Crippen molar-refractivity contribution in [2.45, 2.75) is 19.8 Å². The van der Waals surface area contributed by atoms with Gasteiger partial charge < -0.3 is 14.5 Å². The van der Waals surface area contributed by atoms with Gasteiger partial charge in [-0.1, -0.05) is 0 Å². The molecule has 0 bridgehead atoms. The Morgan fingerprint density at radius 1 is 1.14 bits per heavy atom. The van der Waals surface area contributed by atoms with Gasteiger partial charge in [0.15, 0.2) is 5.82 Å². The molecule has 0 aromatic carbocycles. The van der Waals surface area contributed by atoms with Crippen molar-refractivity contribution in [2.24, 2.45) is 11.8 Å². The summed E-state index contributed by atoms with van der Waals surface area (Å²) in [4.78, 5) is 41.1. The molecule has 2 aliphatic heterocycles. The Kier molecular flexibility index (Phi) is 5.18. The first kappa shape index (κ1) is 18.3. The first-order chi connectivity index (χ1) is 13.7. The fraction of sp³-hybridized carbons (Fsp3) is 0.556. The molecular formula is C18H23N7O3. The van der Waals surface area contributed by atoms with Gasteiger partial charge in [0, 0.05) is 32.2 Å². The number of carbonyl (C=O) groups excluding carboxylic acids is 2. The van der Waals surface area contributed by atoms with Crippen LogP contribution in [-0.2, 0) is 14.3 Å². The molecule has 4 rings (SSSR count). The van der Waals surface area contributed by atoms with E-state index in [2.05, 4.69) is 20.1 Å². The molecule has 10 nitrogen and oxygen atoms in total. The van der Waals surface area contributed by atoms with E-state index < -0.39 is 0 Å². The molecule has 148 valence electrons. The summed E-state index contributed by atoms with van der Waals surface area (Å²) < 4.78 is 6.68. The number of nitrogens with zero attached hydrogens (tertiary/aromatic N) is 7. The van der Waals surface area contributed by atoms with Crippen molar-refractivity contribution >= 4 is 17.7 Å². The minimum Gasteiger partial charge on any atom is -0.466 e. The first-order valence-corrected chi connectivity index (χ1v) is 9.53. The van der Waals surface area contributed by atoms with Crippen LogP contribution in [0.2, 0.25) is 0 Å². The second kappa shape index (κ2) is 7.91. The summed E-state index contributed by atoms with van der Waals surface area (Å²) >= 11 is 0. The van der Waals surface area contributed by atoms with Crippen molar-refractivity contribution in [1.29, 1.82) is 0 Å². The van der Waals surface area contributed by atoms with Crippen LogP contribution in [0.4, 0.5) is 5.82 Å². The molecule has 2 aromatic heterocycles. The van der Waals surface area contributed by atoms with E-state index in [0.29, 0.717) is 38.6 Å². The predicted octanol–water partition coefficient (Wildman–Crippen LogP) is 0.295. The molecule has 2 aromatic rings. The van der Waals surface area contributed by atoms with Crippen molar-refractivity contribution in [3.05, 3.63) is 25.0 Å². The molecule has 1 amide bonds. The van der Waals surface area contributed by atoms with E-state index in [1.807, 2.05) is 15.9 Å². The maximum absolute atomic E-state index is 12.8. The molecule has 0 N–H and O–H groups in total. The molecule has 0 unspecified atom stereocenters. The maximum atomic E-state index is 12.8. The zero-order chi connectivity index (χ0) is 19.5. The number of anilines is 1. The van der Waals surface area contributed by atoms with Gasteiger partial charge in [-0.3, -0.25) is 9.59 Å². The van der Waals surface area contributed by atoms with Gasteiger partial charge in [0.05, 0.1) is 18.4 Å². The van der Waals surface area contributed by atoms with E-state index in [4.69, 9.17) is 4.74 Å². The molecular weight excluding hydrogens is 362 g/mol. The highest BCUT2D eigenvalue weighted by molar-refractivity contribution is 5.83. The Bertz CT molecular complexity index is 835. The molecule has 0 radical (unpaired) electrons. The number of piperidine rings is 1. The smallest absolute Gasteiger partial charge is 0.310 e. The largest absolute Gasteiger partial charge is 0.466 e. The molecule has 1 atom stereocenters. The van der Waals surface area contributed by atoms with Crippen LogP contribution < -0.4 is 4.90 Å². The summed E-state index contributed by atoms with van der Waals surface area (Å²) in [6.07, 6.45) is 6.12.